The molecule has 0 atom stereocenters. The third-order valence-corrected chi connectivity index (χ3v) is 2.54. The zero-order valence-electron chi connectivity index (χ0n) is 10.9. The number of nitrogens with zero attached hydrogens (tertiary/aromatic N) is 1. The Bertz CT molecular complexity index is 476. The molecule has 0 aliphatic carbocycles. The van der Waals surface area contributed by atoms with Crippen LogP contribution in [-0.2, 0) is 14.4 Å². The van der Waals surface area contributed by atoms with Crippen LogP contribution in [0.25, 0.3) is 0 Å². The first-order chi connectivity index (χ1) is 9.54. The van der Waals surface area contributed by atoms with Crippen molar-refractivity contribution in [2.45, 2.75) is 6.42 Å². The van der Waals surface area contributed by atoms with Crippen molar-refractivity contribution in [3.63, 3.8) is 0 Å². The SMILES string of the molecule is NCC(=O)NCC(=O)N(CCC(=O)O)c1ccccc1. The van der Waals surface area contributed by atoms with Gasteiger partial charge in [0.25, 0.3) is 0 Å². The zero-order valence-corrected chi connectivity index (χ0v) is 10.9. The van der Waals surface area contributed by atoms with Crippen LogP contribution in [0.4, 0.5) is 5.69 Å². The van der Waals surface area contributed by atoms with E-state index in [0.29, 0.717) is 5.69 Å². The normalized spacial score (nSPS) is 9.85. The molecule has 4 N–H and O–H groups in total. The van der Waals surface area contributed by atoms with Crippen LogP contribution in [0.3, 0.4) is 0 Å². The van der Waals surface area contributed by atoms with E-state index < -0.39 is 11.9 Å². The molecule has 7 heteroatoms. The predicted molar refractivity (Wildman–Crippen MR) is 73.1 cm³/mol. The summed E-state index contributed by atoms with van der Waals surface area (Å²) >= 11 is 0. The number of carbonyl (C=O) groups is 3. The lowest BCUT2D eigenvalue weighted by atomic mass is 10.2. The molecule has 0 aliphatic rings. The number of hydrogen-bond donors (Lipinski definition) is 3. The van der Waals surface area contributed by atoms with Crippen LogP contribution in [0.1, 0.15) is 6.42 Å². The van der Waals surface area contributed by atoms with E-state index in [1.807, 2.05) is 0 Å². The molecule has 0 fully saturated rings. The molecule has 0 aromatic heterocycles. The third-order valence-electron chi connectivity index (χ3n) is 2.54. The minimum Gasteiger partial charge on any atom is -0.481 e. The van der Waals surface area contributed by atoms with E-state index in [1.165, 1.54) is 4.90 Å². The van der Waals surface area contributed by atoms with Crippen molar-refractivity contribution in [1.29, 1.82) is 0 Å². The number of carboxylic acids is 1. The van der Waals surface area contributed by atoms with Crippen molar-refractivity contribution in [3.8, 4) is 0 Å². The predicted octanol–water partition coefficient (Wildman–Crippen LogP) is -0.431. The van der Waals surface area contributed by atoms with Crippen LogP contribution in [0.15, 0.2) is 30.3 Å². The summed E-state index contributed by atoms with van der Waals surface area (Å²) < 4.78 is 0. The molecule has 0 aliphatic heterocycles. The van der Waals surface area contributed by atoms with Gasteiger partial charge in [-0.3, -0.25) is 14.4 Å². The number of rotatable bonds is 7. The highest BCUT2D eigenvalue weighted by Gasteiger charge is 2.17. The van der Waals surface area contributed by atoms with Crippen LogP contribution >= 0.6 is 0 Å². The zero-order chi connectivity index (χ0) is 15.0. The van der Waals surface area contributed by atoms with E-state index in [-0.39, 0.29) is 32.0 Å². The fourth-order valence-electron chi connectivity index (χ4n) is 1.55. The van der Waals surface area contributed by atoms with Gasteiger partial charge in [0.2, 0.25) is 11.8 Å². The molecule has 0 radical (unpaired) electrons. The molecule has 7 nitrogen and oxygen atoms in total. The molecular weight excluding hydrogens is 262 g/mol. The van der Waals surface area contributed by atoms with Gasteiger partial charge in [-0.25, -0.2) is 0 Å². The average Bonchev–Trinajstić information content (AvgIpc) is 2.45. The van der Waals surface area contributed by atoms with Crippen molar-refractivity contribution >= 4 is 23.5 Å². The molecule has 1 rings (SSSR count). The Labute approximate surface area is 116 Å². The second-order valence-electron chi connectivity index (χ2n) is 4.01. The monoisotopic (exact) mass is 279 g/mol. The number of benzene rings is 1. The first kappa shape index (κ1) is 15.6. The standard InChI is InChI=1S/C13H17N3O4/c14-8-11(17)15-9-12(18)16(7-6-13(19)20)10-4-2-1-3-5-10/h1-5H,6-9,14H2,(H,15,17)(H,19,20). The molecule has 0 saturated heterocycles. The molecule has 0 heterocycles. The summed E-state index contributed by atoms with van der Waals surface area (Å²) in [6, 6.07) is 8.68. The third kappa shape index (κ3) is 5.07. The van der Waals surface area contributed by atoms with Gasteiger partial charge >= 0.3 is 5.97 Å². The number of carbonyl (C=O) groups excluding carboxylic acids is 2. The minimum absolute atomic E-state index is 0.0384. The number of anilines is 1. The Morgan fingerprint density at radius 3 is 2.40 bits per heavy atom. The molecular formula is C13H17N3O4. The highest BCUT2D eigenvalue weighted by Crippen LogP contribution is 2.13. The number of nitrogens with one attached hydrogen (secondary N) is 1. The van der Waals surface area contributed by atoms with Gasteiger partial charge in [0.1, 0.15) is 0 Å². The Kier molecular flexibility index (Phi) is 6.18. The quantitative estimate of drug-likeness (QED) is 0.627. The van der Waals surface area contributed by atoms with E-state index in [4.69, 9.17) is 10.8 Å². The summed E-state index contributed by atoms with van der Waals surface area (Å²) in [6.07, 6.45) is -0.175. The van der Waals surface area contributed by atoms with Gasteiger partial charge in [-0.2, -0.15) is 0 Å². The van der Waals surface area contributed by atoms with Crippen LogP contribution in [0, 0.1) is 0 Å². The van der Waals surface area contributed by atoms with Crippen LogP contribution in [0.2, 0.25) is 0 Å². The number of nitrogens with two attached hydrogens (primary N) is 1. The van der Waals surface area contributed by atoms with Gasteiger partial charge in [0, 0.05) is 12.2 Å². The maximum Gasteiger partial charge on any atom is 0.305 e. The van der Waals surface area contributed by atoms with E-state index in [0.717, 1.165) is 0 Å². The minimum atomic E-state index is -0.996. The van der Waals surface area contributed by atoms with Crippen molar-refractivity contribution in [2.75, 3.05) is 24.5 Å². The van der Waals surface area contributed by atoms with E-state index in [1.54, 1.807) is 30.3 Å². The van der Waals surface area contributed by atoms with Gasteiger partial charge in [0.05, 0.1) is 19.5 Å². The Hall–Kier alpha value is -2.41. The summed E-state index contributed by atoms with van der Waals surface area (Å²) in [5, 5.41) is 11.1. The molecule has 108 valence electrons. The topological polar surface area (TPSA) is 113 Å². The summed E-state index contributed by atoms with van der Waals surface area (Å²) in [4.78, 5) is 35.1. The lowest BCUT2D eigenvalue weighted by Crippen LogP contribution is -2.42. The molecule has 0 saturated carbocycles. The number of amides is 2. The fourth-order valence-corrected chi connectivity index (χ4v) is 1.55. The molecule has 1 aromatic carbocycles. The van der Waals surface area contributed by atoms with Crippen molar-refractivity contribution < 1.29 is 19.5 Å². The molecule has 20 heavy (non-hydrogen) atoms. The molecule has 0 spiro atoms. The largest absolute Gasteiger partial charge is 0.481 e. The molecule has 0 unspecified atom stereocenters. The summed E-state index contributed by atoms with van der Waals surface area (Å²) in [5.41, 5.74) is 5.71. The van der Waals surface area contributed by atoms with Crippen molar-refractivity contribution in [1.82, 2.24) is 5.32 Å². The average molecular weight is 279 g/mol. The van der Waals surface area contributed by atoms with Gasteiger partial charge in [-0.15, -0.1) is 0 Å². The lowest BCUT2D eigenvalue weighted by molar-refractivity contribution is -0.136. The number of para-hydroxylation sites is 1. The number of carboxylic acid groups (broad SMARTS) is 1. The molecule has 1 aromatic rings. The van der Waals surface area contributed by atoms with Crippen LogP contribution in [0.5, 0.6) is 0 Å². The Morgan fingerprint density at radius 2 is 1.85 bits per heavy atom. The first-order valence-corrected chi connectivity index (χ1v) is 6.08. The number of aliphatic carboxylic acids is 1. The van der Waals surface area contributed by atoms with E-state index in [2.05, 4.69) is 5.32 Å². The fraction of sp³-hybridized carbons (Fsp3) is 0.308. The van der Waals surface area contributed by atoms with Gasteiger partial charge in [-0.05, 0) is 12.1 Å². The summed E-state index contributed by atoms with van der Waals surface area (Å²) in [6.45, 7) is -0.380. The smallest absolute Gasteiger partial charge is 0.305 e. The maximum atomic E-state index is 12.1. The summed E-state index contributed by atoms with van der Waals surface area (Å²) in [5.74, 6) is -1.83. The highest BCUT2D eigenvalue weighted by atomic mass is 16.4. The van der Waals surface area contributed by atoms with Crippen LogP contribution < -0.4 is 16.0 Å². The second-order valence-corrected chi connectivity index (χ2v) is 4.01. The first-order valence-electron chi connectivity index (χ1n) is 6.08. The Morgan fingerprint density at radius 1 is 1.20 bits per heavy atom. The van der Waals surface area contributed by atoms with Gasteiger partial charge < -0.3 is 21.1 Å². The molecule has 0 bridgehead atoms. The van der Waals surface area contributed by atoms with Crippen LogP contribution in [-0.4, -0.2) is 42.5 Å². The van der Waals surface area contributed by atoms with E-state index in [9.17, 15) is 14.4 Å². The number of hydrogen-bond acceptors (Lipinski definition) is 4. The summed E-state index contributed by atoms with van der Waals surface area (Å²) in [7, 11) is 0. The lowest BCUT2D eigenvalue weighted by Gasteiger charge is -2.22. The molecule has 2 amide bonds. The van der Waals surface area contributed by atoms with Gasteiger partial charge in [-0.1, -0.05) is 18.2 Å². The maximum absolute atomic E-state index is 12.1. The van der Waals surface area contributed by atoms with E-state index >= 15 is 0 Å². The Balaban J connectivity index is 2.74. The van der Waals surface area contributed by atoms with Crippen molar-refractivity contribution in [2.24, 2.45) is 5.73 Å². The highest BCUT2D eigenvalue weighted by molar-refractivity contribution is 5.97. The van der Waals surface area contributed by atoms with Gasteiger partial charge in [0.15, 0.2) is 0 Å². The van der Waals surface area contributed by atoms with Crippen molar-refractivity contribution in [3.05, 3.63) is 30.3 Å². The second kappa shape index (κ2) is 7.90.